The summed E-state index contributed by atoms with van der Waals surface area (Å²) in [7, 11) is 0. The van der Waals surface area contributed by atoms with E-state index in [2.05, 4.69) is 10.6 Å². The first-order chi connectivity index (χ1) is 8.84. The third-order valence-electron chi connectivity index (χ3n) is 2.60. The van der Waals surface area contributed by atoms with Crippen LogP contribution < -0.4 is 16.4 Å². The molecule has 0 unspecified atom stereocenters. The van der Waals surface area contributed by atoms with Crippen LogP contribution in [0.15, 0.2) is 24.3 Å². The number of hydrogen-bond donors (Lipinski definition) is 3. The van der Waals surface area contributed by atoms with Crippen LogP contribution >= 0.6 is 0 Å². The van der Waals surface area contributed by atoms with Crippen LogP contribution in [0.2, 0.25) is 0 Å². The average molecular weight is 263 g/mol. The lowest BCUT2D eigenvalue weighted by Gasteiger charge is -2.24. The van der Waals surface area contributed by atoms with Crippen molar-refractivity contribution in [3.63, 3.8) is 0 Å². The largest absolute Gasteiger partial charge is 0.385 e. The SMILES string of the molecule is CCNc1ccc(C(=O)NC(C)(C)CC(N)=O)cc1. The van der Waals surface area contributed by atoms with Crippen LogP contribution in [0.25, 0.3) is 0 Å². The quantitative estimate of drug-likeness (QED) is 0.727. The first-order valence-corrected chi connectivity index (χ1v) is 6.29. The predicted molar refractivity (Wildman–Crippen MR) is 76.0 cm³/mol. The second-order valence-corrected chi connectivity index (χ2v) is 5.09. The van der Waals surface area contributed by atoms with E-state index in [0.29, 0.717) is 5.56 Å². The highest BCUT2D eigenvalue weighted by Crippen LogP contribution is 2.12. The van der Waals surface area contributed by atoms with Crippen LogP contribution in [-0.2, 0) is 4.79 Å². The molecule has 5 nitrogen and oxygen atoms in total. The smallest absolute Gasteiger partial charge is 0.251 e. The molecular formula is C14H21N3O2. The normalized spacial score (nSPS) is 10.9. The maximum Gasteiger partial charge on any atom is 0.251 e. The minimum absolute atomic E-state index is 0.105. The van der Waals surface area contributed by atoms with Gasteiger partial charge in [-0.25, -0.2) is 0 Å². The molecule has 1 aromatic rings. The maximum atomic E-state index is 12.0. The molecule has 0 bridgehead atoms. The van der Waals surface area contributed by atoms with E-state index in [1.54, 1.807) is 26.0 Å². The van der Waals surface area contributed by atoms with E-state index in [-0.39, 0.29) is 12.3 Å². The van der Waals surface area contributed by atoms with Crippen LogP contribution in [0, 0.1) is 0 Å². The number of carbonyl (C=O) groups is 2. The van der Waals surface area contributed by atoms with Crippen molar-refractivity contribution in [2.75, 3.05) is 11.9 Å². The molecule has 0 aliphatic heterocycles. The van der Waals surface area contributed by atoms with Gasteiger partial charge in [-0.15, -0.1) is 0 Å². The molecule has 0 heterocycles. The van der Waals surface area contributed by atoms with Crippen LogP contribution in [0.5, 0.6) is 0 Å². The molecule has 2 amide bonds. The number of carbonyl (C=O) groups excluding carboxylic acids is 2. The van der Waals surface area contributed by atoms with Crippen molar-refractivity contribution in [2.45, 2.75) is 32.7 Å². The third-order valence-corrected chi connectivity index (χ3v) is 2.60. The zero-order valence-corrected chi connectivity index (χ0v) is 11.6. The summed E-state index contributed by atoms with van der Waals surface area (Å²) >= 11 is 0. The molecule has 0 atom stereocenters. The molecule has 0 spiro atoms. The minimum Gasteiger partial charge on any atom is -0.385 e. The summed E-state index contributed by atoms with van der Waals surface area (Å²) in [4.78, 5) is 22.9. The number of rotatable bonds is 6. The molecule has 1 rings (SSSR count). The van der Waals surface area contributed by atoms with Crippen molar-refractivity contribution >= 4 is 17.5 Å². The van der Waals surface area contributed by atoms with Gasteiger partial charge in [-0.3, -0.25) is 9.59 Å². The van der Waals surface area contributed by atoms with E-state index in [4.69, 9.17) is 5.73 Å². The second-order valence-electron chi connectivity index (χ2n) is 5.09. The number of nitrogens with two attached hydrogens (primary N) is 1. The monoisotopic (exact) mass is 263 g/mol. The van der Waals surface area contributed by atoms with Gasteiger partial charge >= 0.3 is 0 Å². The Morgan fingerprint density at radius 1 is 1.21 bits per heavy atom. The van der Waals surface area contributed by atoms with Gasteiger partial charge in [-0.05, 0) is 45.0 Å². The van der Waals surface area contributed by atoms with Gasteiger partial charge in [-0.1, -0.05) is 0 Å². The van der Waals surface area contributed by atoms with Crippen LogP contribution in [0.3, 0.4) is 0 Å². The molecule has 0 fully saturated rings. The number of benzene rings is 1. The topological polar surface area (TPSA) is 84.2 Å². The molecule has 4 N–H and O–H groups in total. The fourth-order valence-electron chi connectivity index (χ4n) is 1.80. The first-order valence-electron chi connectivity index (χ1n) is 6.29. The Kier molecular flexibility index (Phi) is 4.92. The molecule has 0 saturated carbocycles. The molecular weight excluding hydrogens is 242 g/mol. The van der Waals surface area contributed by atoms with Crippen LogP contribution in [0.1, 0.15) is 37.6 Å². The van der Waals surface area contributed by atoms with Gasteiger partial charge in [0.1, 0.15) is 0 Å². The lowest BCUT2D eigenvalue weighted by Crippen LogP contribution is -2.46. The van der Waals surface area contributed by atoms with Gasteiger partial charge in [0, 0.05) is 29.8 Å². The van der Waals surface area contributed by atoms with Gasteiger partial charge < -0.3 is 16.4 Å². The average Bonchev–Trinajstić information content (AvgIpc) is 2.27. The Labute approximate surface area is 113 Å². The molecule has 0 aliphatic carbocycles. The first kappa shape index (κ1) is 15.0. The fourth-order valence-corrected chi connectivity index (χ4v) is 1.80. The summed E-state index contributed by atoms with van der Waals surface area (Å²) in [5.74, 6) is -0.651. The lowest BCUT2D eigenvalue weighted by molar-refractivity contribution is -0.119. The van der Waals surface area contributed by atoms with E-state index in [1.807, 2.05) is 19.1 Å². The van der Waals surface area contributed by atoms with Crippen molar-refractivity contribution in [3.05, 3.63) is 29.8 Å². The van der Waals surface area contributed by atoms with Gasteiger partial charge in [0.25, 0.3) is 5.91 Å². The number of primary amides is 1. The van der Waals surface area contributed by atoms with E-state index in [1.165, 1.54) is 0 Å². The summed E-state index contributed by atoms with van der Waals surface area (Å²) < 4.78 is 0. The standard InChI is InChI=1S/C14H21N3O2/c1-4-16-11-7-5-10(6-8-11)13(19)17-14(2,3)9-12(15)18/h5-8,16H,4,9H2,1-3H3,(H2,15,18)(H,17,19). The van der Waals surface area contributed by atoms with Crippen molar-refractivity contribution in [1.29, 1.82) is 0 Å². The van der Waals surface area contributed by atoms with Crippen molar-refractivity contribution < 1.29 is 9.59 Å². The third kappa shape index (κ3) is 4.99. The van der Waals surface area contributed by atoms with E-state index < -0.39 is 11.4 Å². The Bertz CT molecular complexity index is 452. The molecule has 0 aromatic heterocycles. The summed E-state index contributed by atoms with van der Waals surface area (Å²) in [6.45, 7) is 6.37. The van der Waals surface area contributed by atoms with E-state index in [9.17, 15) is 9.59 Å². The highest BCUT2D eigenvalue weighted by molar-refractivity contribution is 5.95. The van der Waals surface area contributed by atoms with Crippen molar-refractivity contribution in [2.24, 2.45) is 5.73 Å². The second kappa shape index (κ2) is 6.22. The maximum absolute atomic E-state index is 12.0. The molecule has 1 aromatic carbocycles. The Balaban J connectivity index is 2.70. The molecule has 104 valence electrons. The summed E-state index contributed by atoms with van der Waals surface area (Å²) in [6.07, 6.45) is 0.105. The predicted octanol–water partition coefficient (Wildman–Crippen LogP) is 1.50. The highest BCUT2D eigenvalue weighted by Gasteiger charge is 2.23. The molecule has 5 heteroatoms. The minimum atomic E-state index is -0.650. The molecule has 19 heavy (non-hydrogen) atoms. The Hall–Kier alpha value is -2.04. The number of amides is 2. The van der Waals surface area contributed by atoms with Gasteiger partial charge in [0.15, 0.2) is 0 Å². The molecule has 0 radical (unpaired) electrons. The molecule has 0 saturated heterocycles. The van der Waals surface area contributed by atoms with Crippen LogP contribution in [0.4, 0.5) is 5.69 Å². The van der Waals surface area contributed by atoms with Gasteiger partial charge in [0.2, 0.25) is 5.91 Å². The van der Waals surface area contributed by atoms with Crippen LogP contribution in [-0.4, -0.2) is 23.9 Å². The fraction of sp³-hybridized carbons (Fsp3) is 0.429. The Morgan fingerprint density at radius 2 is 1.79 bits per heavy atom. The van der Waals surface area contributed by atoms with E-state index >= 15 is 0 Å². The Morgan fingerprint density at radius 3 is 2.26 bits per heavy atom. The zero-order valence-electron chi connectivity index (χ0n) is 11.6. The van der Waals surface area contributed by atoms with E-state index in [0.717, 1.165) is 12.2 Å². The van der Waals surface area contributed by atoms with Crippen molar-refractivity contribution in [1.82, 2.24) is 5.32 Å². The number of hydrogen-bond acceptors (Lipinski definition) is 3. The number of anilines is 1. The summed E-state index contributed by atoms with van der Waals surface area (Å²) in [6, 6.07) is 7.18. The number of nitrogens with one attached hydrogen (secondary N) is 2. The zero-order chi connectivity index (χ0) is 14.5. The van der Waals surface area contributed by atoms with Gasteiger partial charge in [0.05, 0.1) is 0 Å². The lowest BCUT2D eigenvalue weighted by atomic mass is 9.99. The molecule has 0 aliphatic rings. The summed E-state index contributed by atoms with van der Waals surface area (Å²) in [5.41, 5.74) is 6.02. The summed E-state index contributed by atoms with van der Waals surface area (Å²) in [5, 5.41) is 5.95. The van der Waals surface area contributed by atoms with Gasteiger partial charge in [-0.2, -0.15) is 0 Å². The van der Waals surface area contributed by atoms with Crippen molar-refractivity contribution in [3.8, 4) is 0 Å². The highest BCUT2D eigenvalue weighted by atomic mass is 16.2.